The number of nitrogens with one attached hydrogen (secondary N) is 1. The van der Waals surface area contributed by atoms with Crippen molar-refractivity contribution in [1.82, 2.24) is 10.4 Å². The Bertz CT molecular complexity index is 575. The van der Waals surface area contributed by atoms with Gasteiger partial charge in [-0.1, -0.05) is 12.1 Å². The zero-order valence-corrected chi connectivity index (χ0v) is 9.91. The first-order valence-electron chi connectivity index (χ1n) is 5.61. The number of hydrazine groups is 1. The molecule has 0 radical (unpaired) electrons. The van der Waals surface area contributed by atoms with Crippen LogP contribution in [0.5, 0.6) is 0 Å². The molecule has 0 aliphatic carbocycles. The Balaban J connectivity index is 2.26. The van der Waals surface area contributed by atoms with Gasteiger partial charge in [-0.2, -0.15) is 0 Å². The largest absolute Gasteiger partial charge is 0.271 e. The SMILES string of the molecule is NNC(Cc1cccc(F)c1F)c1cncc(F)c1. The van der Waals surface area contributed by atoms with Crippen LogP contribution in [0, 0.1) is 17.5 Å². The van der Waals surface area contributed by atoms with Crippen molar-refractivity contribution in [2.45, 2.75) is 12.5 Å². The Morgan fingerprint density at radius 3 is 2.68 bits per heavy atom. The molecule has 0 spiro atoms. The summed E-state index contributed by atoms with van der Waals surface area (Å²) in [5.74, 6) is 3.01. The number of hydrogen-bond acceptors (Lipinski definition) is 3. The maximum Gasteiger partial charge on any atom is 0.162 e. The molecule has 3 N–H and O–H groups in total. The van der Waals surface area contributed by atoms with Crippen LogP contribution < -0.4 is 11.3 Å². The fourth-order valence-corrected chi connectivity index (χ4v) is 1.82. The Morgan fingerprint density at radius 2 is 2.00 bits per heavy atom. The molecule has 0 saturated heterocycles. The molecule has 0 aliphatic rings. The molecular formula is C13H12F3N3. The molecule has 100 valence electrons. The highest BCUT2D eigenvalue weighted by atomic mass is 19.2. The van der Waals surface area contributed by atoms with Gasteiger partial charge in [0.25, 0.3) is 0 Å². The minimum Gasteiger partial charge on any atom is -0.271 e. The summed E-state index contributed by atoms with van der Waals surface area (Å²) in [6, 6.07) is 4.59. The van der Waals surface area contributed by atoms with Gasteiger partial charge in [-0.15, -0.1) is 0 Å². The van der Waals surface area contributed by atoms with E-state index in [1.54, 1.807) is 0 Å². The first kappa shape index (κ1) is 13.5. The van der Waals surface area contributed by atoms with Crippen LogP contribution in [0.2, 0.25) is 0 Å². The van der Waals surface area contributed by atoms with Gasteiger partial charge in [0, 0.05) is 6.20 Å². The van der Waals surface area contributed by atoms with E-state index < -0.39 is 23.5 Å². The molecule has 0 bridgehead atoms. The number of nitrogens with two attached hydrogens (primary N) is 1. The maximum absolute atomic E-state index is 13.6. The quantitative estimate of drug-likeness (QED) is 0.660. The monoisotopic (exact) mass is 267 g/mol. The Labute approximate surface area is 108 Å². The lowest BCUT2D eigenvalue weighted by molar-refractivity contribution is 0.480. The second-order valence-corrected chi connectivity index (χ2v) is 4.07. The van der Waals surface area contributed by atoms with Gasteiger partial charge in [-0.3, -0.25) is 16.3 Å². The third kappa shape index (κ3) is 3.10. The summed E-state index contributed by atoms with van der Waals surface area (Å²) in [7, 11) is 0. The normalized spacial score (nSPS) is 12.4. The van der Waals surface area contributed by atoms with Crippen LogP contribution >= 0.6 is 0 Å². The number of halogens is 3. The maximum atomic E-state index is 13.6. The molecule has 1 aromatic heterocycles. The number of pyridine rings is 1. The van der Waals surface area contributed by atoms with Crippen molar-refractivity contribution in [3.05, 3.63) is 65.2 Å². The fourth-order valence-electron chi connectivity index (χ4n) is 1.82. The molecule has 1 atom stereocenters. The van der Waals surface area contributed by atoms with Gasteiger partial charge in [0.05, 0.1) is 12.2 Å². The lowest BCUT2D eigenvalue weighted by atomic mass is 10.0. The van der Waals surface area contributed by atoms with Crippen LogP contribution in [0.3, 0.4) is 0 Å². The van der Waals surface area contributed by atoms with Crippen LogP contribution in [0.25, 0.3) is 0 Å². The minimum atomic E-state index is -0.925. The van der Waals surface area contributed by atoms with Gasteiger partial charge in [-0.05, 0) is 29.7 Å². The van der Waals surface area contributed by atoms with E-state index in [2.05, 4.69) is 10.4 Å². The minimum absolute atomic E-state index is 0.0885. The van der Waals surface area contributed by atoms with E-state index in [0.29, 0.717) is 5.56 Å². The molecule has 2 rings (SSSR count). The topological polar surface area (TPSA) is 50.9 Å². The molecule has 0 saturated carbocycles. The number of hydrogen-bond donors (Lipinski definition) is 2. The van der Waals surface area contributed by atoms with Crippen LogP contribution in [-0.2, 0) is 6.42 Å². The molecule has 2 aromatic rings. The lowest BCUT2D eigenvalue weighted by Gasteiger charge is -2.16. The van der Waals surface area contributed by atoms with Crippen molar-refractivity contribution in [3.8, 4) is 0 Å². The second-order valence-electron chi connectivity index (χ2n) is 4.07. The zero-order chi connectivity index (χ0) is 13.8. The fraction of sp³-hybridized carbons (Fsp3) is 0.154. The number of benzene rings is 1. The van der Waals surface area contributed by atoms with Crippen molar-refractivity contribution in [2.24, 2.45) is 5.84 Å². The molecule has 0 aliphatic heterocycles. The summed E-state index contributed by atoms with van der Waals surface area (Å²) in [5, 5.41) is 0. The first-order valence-corrected chi connectivity index (χ1v) is 5.61. The third-order valence-corrected chi connectivity index (χ3v) is 2.79. The van der Waals surface area contributed by atoms with E-state index >= 15 is 0 Å². The van der Waals surface area contributed by atoms with E-state index in [4.69, 9.17) is 5.84 Å². The van der Waals surface area contributed by atoms with Crippen molar-refractivity contribution in [2.75, 3.05) is 0 Å². The molecule has 1 unspecified atom stereocenters. The van der Waals surface area contributed by atoms with Crippen molar-refractivity contribution < 1.29 is 13.2 Å². The molecule has 0 fully saturated rings. The van der Waals surface area contributed by atoms with E-state index in [-0.39, 0.29) is 12.0 Å². The predicted molar refractivity (Wildman–Crippen MR) is 64.3 cm³/mol. The van der Waals surface area contributed by atoms with Gasteiger partial charge < -0.3 is 0 Å². The van der Waals surface area contributed by atoms with E-state index in [0.717, 1.165) is 12.3 Å². The van der Waals surface area contributed by atoms with Crippen molar-refractivity contribution in [1.29, 1.82) is 0 Å². The number of rotatable bonds is 4. The molecule has 1 aromatic carbocycles. The highest BCUT2D eigenvalue weighted by Gasteiger charge is 2.16. The van der Waals surface area contributed by atoms with Gasteiger partial charge in [0.15, 0.2) is 11.6 Å². The second kappa shape index (κ2) is 5.81. The first-order chi connectivity index (χ1) is 9.11. The molecule has 6 heteroatoms. The van der Waals surface area contributed by atoms with Crippen LogP contribution in [0.1, 0.15) is 17.2 Å². The van der Waals surface area contributed by atoms with Crippen molar-refractivity contribution in [3.63, 3.8) is 0 Å². The molecule has 1 heterocycles. The number of aromatic nitrogens is 1. The van der Waals surface area contributed by atoms with E-state index in [9.17, 15) is 13.2 Å². The van der Waals surface area contributed by atoms with Crippen LogP contribution in [0.4, 0.5) is 13.2 Å². The molecular weight excluding hydrogens is 255 g/mol. The standard InChI is InChI=1S/C13H12F3N3/c14-10-4-9(6-18-7-10)12(19-17)5-8-2-1-3-11(15)13(8)16/h1-4,6-7,12,19H,5,17H2. The summed E-state index contributed by atoms with van der Waals surface area (Å²) in [6.45, 7) is 0. The average molecular weight is 267 g/mol. The van der Waals surface area contributed by atoms with Gasteiger partial charge >= 0.3 is 0 Å². The summed E-state index contributed by atoms with van der Waals surface area (Å²) in [4.78, 5) is 3.70. The van der Waals surface area contributed by atoms with Gasteiger partial charge in [-0.25, -0.2) is 13.2 Å². The number of nitrogens with zero attached hydrogens (tertiary/aromatic N) is 1. The lowest BCUT2D eigenvalue weighted by Crippen LogP contribution is -2.30. The molecule has 0 amide bonds. The Hall–Kier alpha value is -1.92. The highest BCUT2D eigenvalue weighted by Crippen LogP contribution is 2.20. The zero-order valence-electron chi connectivity index (χ0n) is 9.91. The summed E-state index contributed by atoms with van der Waals surface area (Å²) in [5.41, 5.74) is 3.07. The van der Waals surface area contributed by atoms with Gasteiger partial charge in [0.2, 0.25) is 0 Å². The smallest absolute Gasteiger partial charge is 0.162 e. The van der Waals surface area contributed by atoms with Gasteiger partial charge in [0.1, 0.15) is 5.82 Å². The molecule has 19 heavy (non-hydrogen) atoms. The molecule has 3 nitrogen and oxygen atoms in total. The van der Waals surface area contributed by atoms with E-state index in [1.807, 2.05) is 0 Å². The third-order valence-electron chi connectivity index (χ3n) is 2.79. The summed E-state index contributed by atoms with van der Waals surface area (Å²) < 4.78 is 39.7. The predicted octanol–water partition coefficient (Wildman–Crippen LogP) is 2.25. The Kier molecular flexibility index (Phi) is 4.13. The van der Waals surface area contributed by atoms with Crippen LogP contribution in [-0.4, -0.2) is 4.98 Å². The average Bonchev–Trinajstić information content (AvgIpc) is 2.40. The summed E-state index contributed by atoms with van der Waals surface area (Å²) in [6.07, 6.45) is 2.57. The highest BCUT2D eigenvalue weighted by molar-refractivity contribution is 5.24. The Morgan fingerprint density at radius 1 is 1.21 bits per heavy atom. The summed E-state index contributed by atoms with van der Waals surface area (Å²) >= 11 is 0. The van der Waals surface area contributed by atoms with Crippen molar-refractivity contribution >= 4 is 0 Å². The van der Waals surface area contributed by atoms with E-state index in [1.165, 1.54) is 24.4 Å². The van der Waals surface area contributed by atoms with Crippen LogP contribution in [0.15, 0.2) is 36.7 Å².